The first kappa shape index (κ1) is 7.15. The number of halogens is 1. The molecule has 1 unspecified atom stereocenters. The Labute approximate surface area is 71.5 Å². The second kappa shape index (κ2) is 2.51. The molecular formula is C9H15Br. The van der Waals surface area contributed by atoms with Crippen molar-refractivity contribution in [2.75, 3.05) is 5.33 Å². The molecule has 10 heavy (non-hydrogen) atoms. The van der Waals surface area contributed by atoms with Crippen molar-refractivity contribution in [3.8, 4) is 0 Å². The van der Waals surface area contributed by atoms with Gasteiger partial charge in [0.15, 0.2) is 0 Å². The van der Waals surface area contributed by atoms with Gasteiger partial charge in [0, 0.05) is 5.33 Å². The summed E-state index contributed by atoms with van der Waals surface area (Å²) in [5.41, 5.74) is 0.872. The molecule has 0 aromatic rings. The van der Waals surface area contributed by atoms with Crippen molar-refractivity contribution in [3.63, 3.8) is 0 Å². The third kappa shape index (κ3) is 1.25. The molecule has 2 fully saturated rings. The molecule has 0 N–H and O–H groups in total. The maximum Gasteiger partial charge on any atom is 0.00598 e. The Kier molecular flexibility index (Phi) is 1.79. The molecule has 0 amide bonds. The molecule has 0 nitrogen and oxygen atoms in total. The monoisotopic (exact) mass is 202 g/mol. The van der Waals surface area contributed by atoms with Gasteiger partial charge in [0.1, 0.15) is 0 Å². The fraction of sp³-hybridized carbons (Fsp3) is 1.00. The molecule has 0 bridgehead atoms. The molecule has 1 heteroatoms. The van der Waals surface area contributed by atoms with Crippen LogP contribution in [0.15, 0.2) is 0 Å². The standard InChI is InChI=1S/C9H15Br/c10-7-8-2-1-3-9(6-8)4-5-9/h8H,1-7H2. The number of alkyl halides is 1. The van der Waals surface area contributed by atoms with Crippen molar-refractivity contribution in [1.82, 2.24) is 0 Å². The van der Waals surface area contributed by atoms with Gasteiger partial charge in [0.05, 0.1) is 0 Å². The van der Waals surface area contributed by atoms with E-state index in [4.69, 9.17) is 0 Å². The molecule has 0 saturated heterocycles. The van der Waals surface area contributed by atoms with E-state index in [2.05, 4.69) is 15.9 Å². The van der Waals surface area contributed by atoms with Gasteiger partial charge in [-0.25, -0.2) is 0 Å². The Bertz CT molecular complexity index is 127. The number of rotatable bonds is 1. The highest BCUT2D eigenvalue weighted by Crippen LogP contribution is 2.57. The molecule has 0 heterocycles. The van der Waals surface area contributed by atoms with E-state index in [0.29, 0.717) is 0 Å². The molecule has 1 spiro atoms. The first-order valence-electron chi connectivity index (χ1n) is 4.41. The van der Waals surface area contributed by atoms with Gasteiger partial charge in [-0.2, -0.15) is 0 Å². The molecule has 0 aromatic carbocycles. The zero-order valence-electron chi connectivity index (χ0n) is 6.41. The lowest BCUT2D eigenvalue weighted by molar-refractivity contribution is 0.268. The van der Waals surface area contributed by atoms with Crippen LogP contribution < -0.4 is 0 Å². The van der Waals surface area contributed by atoms with Crippen LogP contribution in [0.25, 0.3) is 0 Å². The van der Waals surface area contributed by atoms with Crippen LogP contribution in [0.2, 0.25) is 0 Å². The minimum atomic E-state index is 0.872. The van der Waals surface area contributed by atoms with Gasteiger partial charge in [0.25, 0.3) is 0 Å². The van der Waals surface area contributed by atoms with E-state index in [0.717, 1.165) is 11.3 Å². The van der Waals surface area contributed by atoms with Crippen molar-refractivity contribution in [1.29, 1.82) is 0 Å². The highest BCUT2D eigenvalue weighted by atomic mass is 79.9. The third-order valence-electron chi connectivity index (χ3n) is 3.22. The Hall–Kier alpha value is 0.480. The average molecular weight is 203 g/mol. The molecule has 0 radical (unpaired) electrons. The normalized spacial score (nSPS) is 36.3. The lowest BCUT2D eigenvalue weighted by Gasteiger charge is -2.27. The van der Waals surface area contributed by atoms with Crippen molar-refractivity contribution < 1.29 is 0 Å². The van der Waals surface area contributed by atoms with Crippen molar-refractivity contribution in [2.45, 2.75) is 38.5 Å². The van der Waals surface area contributed by atoms with E-state index < -0.39 is 0 Å². The van der Waals surface area contributed by atoms with E-state index in [9.17, 15) is 0 Å². The van der Waals surface area contributed by atoms with Crippen molar-refractivity contribution in [3.05, 3.63) is 0 Å². The van der Waals surface area contributed by atoms with Gasteiger partial charge in [-0.3, -0.25) is 0 Å². The molecular weight excluding hydrogens is 188 g/mol. The first-order chi connectivity index (χ1) is 4.85. The van der Waals surface area contributed by atoms with Gasteiger partial charge in [0.2, 0.25) is 0 Å². The smallest absolute Gasteiger partial charge is 0.00598 e. The van der Waals surface area contributed by atoms with Crippen LogP contribution >= 0.6 is 15.9 Å². The van der Waals surface area contributed by atoms with Gasteiger partial charge in [-0.15, -0.1) is 0 Å². The Morgan fingerprint density at radius 2 is 2.10 bits per heavy atom. The summed E-state index contributed by atoms with van der Waals surface area (Å²) in [5, 5.41) is 1.24. The van der Waals surface area contributed by atoms with Crippen LogP contribution in [0, 0.1) is 11.3 Å². The Balaban J connectivity index is 1.91. The van der Waals surface area contributed by atoms with E-state index in [1.807, 2.05) is 0 Å². The highest BCUT2D eigenvalue weighted by molar-refractivity contribution is 9.09. The molecule has 2 saturated carbocycles. The molecule has 2 rings (SSSR count). The SMILES string of the molecule is BrCC1CCCC2(CC2)C1. The minimum Gasteiger partial charge on any atom is -0.0925 e. The van der Waals surface area contributed by atoms with Crippen molar-refractivity contribution >= 4 is 15.9 Å². The lowest BCUT2D eigenvalue weighted by atomic mass is 9.80. The van der Waals surface area contributed by atoms with Gasteiger partial charge >= 0.3 is 0 Å². The summed E-state index contributed by atoms with van der Waals surface area (Å²) in [7, 11) is 0. The summed E-state index contributed by atoms with van der Waals surface area (Å²) in [5.74, 6) is 1.01. The summed E-state index contributed by atoms with van der Waals surface area (Å²) in [6, 6.07) is 0. The molecule has 2 aliphatic carbocycles. The molecule has 2 aliphatic rings. The third-order valence-corrected chi connectivity index (χ3v) is 4.13. The number of hydrogen-bond acceptors (Lipinski definition) is 0. The van der Waals surface area contributed by atoms with Crippen LogP contribution in [0.5, 0.6) is 0 Å². The molecule has 0 aromatic heterocycles. The zero-order chi connectivity index (χ0) is 7.03. The summed E-state index contributed by atoms with van der Waals surface area (Å²) < 4.78 is 0. The summed E-state index contributed by atoms with van der Waals surface area (Å²) in [4.78, 5) is 0. The van der Waals surface area contributed by atoms with E-state index in [1.54, 1.807) is 0 Å². The summed E-state index contributed by atoms with van der Waals surface area (Å²) >= 11 is 3.59. The van der Waals surface area contributed by atoms with Gasteiger partial charge < -0.3 is 0 Å². The fourth-order valence-electron chi connectivity index (χ4n) is 2.34. The second-order valence-electron chi connectivity index (χ2n) is 4.12. The van der Waals surface area contributed by atoms with Crippen LogP contribution in [0.3, 0.4) is 0 Å². The van der Waals surface area contributed by atoms with E-state index in [1.165, 1.54) is 43.9 Å². The zero-order valence-corrected chi connectivity index (χ0v) is 7.99. The Morgan fingerprint density at radius 1 is 1.30 bits per heavy atom. The largest absolute Gasteiger partial charge is 0.0925 e. The number of hydrogen-bond donors (Lipinski definition) is 0. The fourth-order valence-corrected chi connectivity index (χ4v) is 2.90. The summed E-state index contributed by atoms with van der Waals surface area (Å²) in [6.45, 7) is 0. The topological polar surface area (TPSA) is 0 Å². The highest BCUT2D eigenvalue weighted by Gasteiger charge is 2.45. The first-order valence-corrected chi connectivity index (χ1v) is 5.53. The van der Waals surface area contributed by atoms with E-state index in [-0.39, 0.29) is 0 Å². The van der Waals surface area contributed by atoms with Gasteiger partial charge in [-0.05, 0) is 43.4 Å². The van der Waals surface area contributed by atoms with Crippen LogP contribution in [-0.2, 0) is 0 Å². The van der Waals surface area contributed by atoms with Crippen LogP contribution in [0.1, 0.15) is 38.5 Å². The average Bonchev–Trinajstić information content (AvgIpc) is 2.70. The maximum absolute atomic E-state index is 3.59. The van der Waals surface area contributed by atoms with Crippen LogP contribution in [0.4, 0.5) is 0 Å². The predicted molar refractivity (Wildman–Crippen MR) is 47.4 cm³/mol. The van der Waals surface area contributed by atoms with Crippen molar-refractivity contribution in [2.24, 2.45) is 11.3 Å². The van der Waals surface area contributed by atoms with Gasteiger partial charge in [-0.1, -0.05) is 22.4 Å². The lowest BCUT2D eigenvalue weighted by Crippen LogP contribution is -2.17. The summed E-state index contributed by atoms with van der Waals surface area (Å²) in [6.07, 6.45) is 9.12. The van der Waals surface area contributed by atoms with E-state index >= 15 is 0 Å². The molecule has 0 aliphatic heterocycles. The Morgan fingerprint density at radius 3 is 2.70 bits per heavy atom. The van der Waals surface area contributed by atoms with Crippen LogP contribution in [-0.4, -0.2) is 5.33 Å². The molecule has 1 atom stereocenters. The quantitative estimate of drug-likeness (QED) is 0.573. The molecule has 58 valence electrons. The second-order valence-corrected chi connectivity index (χ2v) is 4.76. The maximum atomic E-state index is 3.59. The predicted octanol–water partition coefficient (Wildman–Crippen LogP) is 3.35. The minimum absolute atomic E-state index is 0.872.